The topological polar surface area (TPSA) is 50.2 Å². The second kappa shape index (κ2) is 5.35. The average Bonchev–Trinajstić information content (AvgIpc) is 2.50. The molecule has 1 aromatic heterocycles. The molecule has 110 valence electrons. The van der Waals surface area contributed by atoms with Crippen molar-refractivity contribution in [2.24, 2.45) is 0 Å². The van der Waals surface area contributed by atoms with Crippen LogP contribution in [0, 0.1) is 11.6 Å². The molecule has 1 N–H and O–H groups in total. The van der Waals surface area contributed by atoms with Gasteiger partial charge in [0.1, 0.15) is 11.6 Å². The SMILES string of the molecule is O=C(O)c1ccc2c(Cl)cnc(-c3cc(F)ccc3F)c2c1. The zero-order valence-electron chi connectivity index (χ0n) is 11.0. The number of rotatable bonds is 2. The molecule has 0 saturated carbocycles. The minimum Gasteiger partial charge on any atom is -0.478 e. The second-order valence-corrected chi connectivity index (χ2v) is 5.05. The summed E-state index contributed by atoms with van der Waals surface area (Å²) in [5, 5.41) is 10.2. The van der Waals surface area contributed by atoms with Crippen LogP contribution in [0.25, 0.3) is 22.0 Å². The molecule has 0 bridgehead atoms. The monoisotopic (exact) mass is 319 g/mol. The van der Waals surface area contributed by atoms with Crippen molar-refractivity contribution >= 4 is 28.3 Å². The fourth-order valence-electron chi connectivity index (χ4n) is 2.24. The number of nitrogens with zero attached hydrogens (tertiary/aromatic N) is 1. The normalized spacial score (nSPS) is 10.9. The van der Waals surface area contributed by atoms with E-state index in [-0.39, 0.29) is 16.8 Å². The molecule has 3 nitrogen and oxygen atoms in total. The Morgan fingerprint density at radius 1 is 1.09 bits per heavy atom. The van der Waals surface area contributed by atoms with Crippen molar-refractivity contribution in [1.29, 1.82) is 0 Å². The molecule has 0 saturated heterocycles. The largest absolute Gasteiger partial charge is 0.478 e. The number of carbonyl (C=O) groups is 1. The molecule has 0 atom stereocenters. The first-order valence-electron chi connectivity index (χ1n) is 6.24. The molecule has 22 heavy (non-hydrogen) atoms. The standard InChI is InChI=1S/C16H8ClF2NO2/c17-13-7-20-15(12-6-9(18)2-4-14(12)19)11-5-8(16(21)22)1-3-10(11)13/h1-7H,(H,21,22). The third kappa shape index (κ3) is 2.40. The lowest BCUT2D eigenvalue weighted by Gasteiger charge is -2.09. The highest BCUT2D eigenvalue weighted by Crippen LogP contribution is 2.33. The zero-order valence-corrected chi connectivity index (χ0v) is 11.7. The molecular formula is C16H8ClF2NO2. The molecule has 0 aliphatic carbocycles. The predicted octanol–water partition coefficient (Wildman–Crippen LogP) is 4.53. The Labute approximate surface area is 128 Å². The first-order valence-corrected chi connectivity index (χ1v) is 6.62. The van der Waals surface area contributed by atoms with Gasteiger partial charge in [-0.3, -0.25) is 4.98 Å². The van der Waals surface area contributed by atoms with Gasteiger partial charge in [-0.1, -0.05) is 17.7 Å². The van der Waals surface area contributed by atoms with E-state index in [0.29, 0.717) is 15.8 Å². The van der Waals surface area contributed by atoms with Crippen molar-refractivity contribution in [3.8, 4) is 11.3 Å². The number of pyridine rings is 1. The van der Waals surface area contributed by atoms with Crippen LogP contribution in [0.5, 0.6) is 0 Å². The van der Waals surface area contributed by atoms with Gasteiger partial charge < -0.3 is 5.11 Å². The predicted molar refractivity (Wildman–Crippen MR) is 79.1 cm³/mol. The van der Waals surface area contributed by atoms with Crippen LogP contribution in [0.4, 0.5) is 8.78 Å². The maximum atomic E-state index is 14.0. The summed E-state index contributed by atoms with van der Waals surface area (Å²) in [6.45, 7) is 0. The van der Waals surface area contributed by atoms with Gasteiger partial charge >= 0.3 is 5.97 Å². The molecule has 3 rings (SSSR count). The van der Waals surface area contributed by atoms with Gasteiger partial charge in [-0.15, -0.1) is 0 Å². The van der Waals surface area contributed by atoms with Crippen LogP contribution in [0.1, 0.15) is 10.4 Å². The van der Waals surface area contributed by atoms with Crippen LogP contribution in [-0.2, 0) is 0 Å². The summed E-state index contributed by atoms with van der Waals surface area (Å²) in [6, 6.07) is 7.26. The average molecular weight is 320 g/mol. The van der Waals surface area contributed by atoms with Crippen molar-refractivity contribution in [2.45, 2.75) is 0 Å². The van der Waals surface area contributed by atoms with Gasteiger partial charge in [-0.05, 0) is 30.3 Å². The van der Waals surface area contributed by atoms with Gasteiger partial charge in [0.25, 0.3) is 0 Å². The minimum absolute atomic E-state index is 0.00891. The Bertz CT molecular complexity index is 912. The summed E-state index contributed by atoms with van der Waals surface area (Å²) in [5.41, 5.74) is 0.0957. The Balaban J connectivity index is 2.38. The van der Waals surface area contributed by atoms with E-state index in [2.05, 4.69) is 4.98 Å². The molecular weight excluding hydrogens is 312 g/mol. The lowest BCUT2D eigenvalue weighted by atomic mass is 10.0. The van der Waals surface area contributed by atoms with Gasteiger partial charge in [0, 0.05) is 22.5 Å². The van der Waals surface area contributed by atoms with Crippen molar-refractivity contribution < 1.29 is 18.7 Å². The summed E-state index contributed by atoms with van der Waals surface area (Å²) in [6.07, 6.45) is 1.32. The van der Waals surface area contributed by atoms with Crippen LogP contribution >= 0.6 is 11.6 Å². The highest BCUT2D eigenvalue weighted by atomic mass is 35.5. The first-order chi connectivity index (χ1) is 10.5. The summed E-state index contributed by atoms with van der Waals surface area (Å²) < 4.78 is 27.4. The molecule has 0 unspecified atom stereocenters. The molecule has 0 radical (unpaired) electrons. The third-order valence-electron chi connectivity index (χ3n) is 3.27. The molecule has 1 heterocycles. The smallest absolute Gasteiger partial charge is 0.335 e. The van der Waals surface area contributed by atoms with Crippen LogP contribution in [0.3, 0.4) is 0 Å². The van der Waals surface area contributed by atoms with Crippen molar-refractivity contribution in [1.82, 2.24) is 4.98 Å². The summed E-state index contributed by atoms with van der Waals surface area (Å²) in [4.78, 5) is 15.2. The van der Waals surface area contributed by atoms with Crippen LogP contribution in [0.2, 0.25) is 5.02 Å². The van der Waals surface area contributed by atoms with E-state index >= 15 is 0 Å². The van der Waals surface area contributed by atoms with Gasteiger partial charge in [0.15, 0.2) is 0 Å². The number of fused-ring (bicyclic) bond motifs is 1. The van der Waals surface area contributed by atoms with Gasteiger partial charge in [0.05, 0.1) is 16.3 Å². The van der Waals surface area contributed by atoms with E-state index in [0.717, 1.165) is 18.2 Å². The number of carboxylic acid groups (broad SMARTS) is 1. The highest BCUT2D eigenvalue weighted by molar-refractivity contribution is 6.35. The number of benzene rings is 2. The second-order valence-electron chi connectivity index (χ2n) is 4.64. The number of hydrogen-bond acceptors (Lipinski definition) is 2. The molecule has 0 spiro atoms. The molecule has 0 aliphatic heterocycles. The van der Waals surface area contributed by atoms with Crippen LogP contribution in [0.15, 0.2) is 42.6 Å². The van der Waals surface area contributed by atoms with E-state index in [9.17, 15) is 13.6 Å². The third-order valence-corrected chi connectivity index (χ3v) is 3.57. The Morgan fingerprint density at radius 3 is 2.59 bits per heavy atom. The Morgan fingerprint density at radius 2 is 1.86 bits per heavy atom. The summed E-state index contributed by atoms with van der Waals surface area (Å²) >= 11 is 6.04. The maximum absolute atomic E-state index is 14.0. The van der Waals surface area contributed by atoms with Crippen LogP contribution in [-0.4, -0.2) is 16.1 Å². The first kappa shape index (κ1) is 14.4. The zero-order chi connectivity index (χ0) is 15.9. The van der Waals surface area contributed by atoms with Crippen molar-refractivity contribution in [3.63, 3.8) is 0 Å². The molecule has 0 fully saturated rings. The number of aromatic carboxylic acids is 1. The number of halogens is 3. The fraction of sp³-hybridized carbons (Fsp3) is 0. The summed E-state index contributed by atoms with van der Waals surface area (Å²) in [7, 11) is 0. The molecule has 0 aliphatic rings. The molecule has 0 amide bonds. The van der Waals surface area contributed by atoms with Gasteiger partial charge in [-0.25, -0.2) is 13.6 Å². The Kier molecular flexibility index (Phi) is 3.50. The van der Waals surface area contributed by atoms with Gasteiger partial charge in [-0.2, -0.15) is 0 Å². The summed E-state index contributed by atoms with van der Waals surface area (Å²) in [5.74, 6) is -2.40. The van der Waals surface area contributed by atoms with E-state index < -0.39 is 17.6 Å². The van der Waals surface area contributed by atoms with Gasteiger partial charge in [0.2, 0.25) is 0 Å². The number of carboxylic acids is 1. The quantitative estimate of drug-likeness (QED) is 0.755. The number of aromatic nitrogens is 1. The van der Waals surface area contributed by atoms with Crippen molar-refractivity contribution in [3.05, 3.63) is 64.8 Å². The van der Waals surface area contributed by atoms with E-state index in [1.807, 2.05) is 0 Å². The Hall–Kier alpha value is -2.53. The van der Waals surface area contributed by atoms with Crippen LogP contribution < -0.4 is 0 Å². The van der Waals surface area contributed by atoms with Crippen molar-refractivity contribution in [2.75, 3.05) is 0 Å². The lowest BCUT2D eigenvalue weighted by Crippen LogP contribution is -1.97. The molecule has 3 aromatic rings. The minimum atomic E-state index is -1.13. The van der Waals surface area contributed by atoms with E-state index in [4.69, 9.17) is 16.7 Å². The fourth-order valence-corrected chi connectivity index (χ4v) is 2.45. The molecule has 6 heteroatoms. The molecule has 2 aromatic carbocycles. The number of hydrogen-bond donors (Lipinski definition) is 1. The highest BCUT2D eigenvalue weighted by Gasteiger charge is 2.15. The lowest BCUT2D eigenvalue weighted by molar-refractivity contribution is 0.0697. The maximum Gasteiger partial charge on any atom is 0.335 e. The van der Waals surface area contributed by atoms with E-state index in [1.54, 1.807) is 0 Å². The van der Waals surface area contributed by atoms with E-state index in [1.165, 1.54) is 24.4 Å².